The van der Waals surface area contributed by atoms with Crippen molar-refractivity contribution >= 4 is 0 Å². The van der Waals surface area contributed by atoms with Crippen LogP contribution in [-0.2, 0) is 6.54 Å². The van der Waals surface area contributed by atoms with Crippen molar-refractivity contribution < 1.29 is 9.84 Å². The second kappa shape index (κ2) is 7.72. The van der Waals surface area contributed by atoms with Crippen molar-refractivity contribution in [1.29, 1.82) is 0 Å². The zero-order chi connectivity index (χ0) is 12.5. The van der Waals surface area contributed by atoms with Crippen LogP contribution in [0.1, 0.15) is 18.9 Å². The van der Waals surface area contributed by atoms with E-state index >= 15 is 0 Å². The highest BCUT2D eigenvalue weighted by Crippen LogP contribution is 2.17. The summed E-state index contributed by atoms with van der Waals surface area (Å²) in [6.45, 7) is 3.12. The molecule has 0 saturated heterocycles. The summed E-state index contributed by atoms with van der Waals surface area (Å²) in [5.74, 6) is 3.24. The summed E-state index contributed by atoms with van der Waals surface area (Å²) in [4.78, 5) is 0. The van der Waals surface area contributed by atoms with Gasteiger partial charge in [0.25, 0.3) is 0 Å². The number of para-hydroxylation sites is 1. The Balaban J connectivity index is 2.60. The second-order valence-corrected chi connectivity index (χ2v) is 3.77. The largest absolute Gasteiger partial charge is 0.481 e. The van der Waals surface area contributed by atoms with Gasteiger partial charge in [-0.2, -0.15) is 0 Å². The number of aliphatic hydroxyl groups excluding tert-OH is 1. The van der Waals surface area contributed by atoms with E-state index < -0.39 is 0 Å². The third kappa shape index (κ3) is 4.48. The molecule has 0 amide bonds. The molecule has 0 heterocycles. The van der Waals surface area contributed by atoms with E-state index in [0.717, 1.165) is 17.7 Å². The van der Waals surface area contributed by atoms with Gasteiger partial charge < -0.3 is 15.2 Å². The molecule has 0 spiro atoms. The standard InChI is InChI=1S/C14H19NO2/c1-3-9-17-14-8-6-5-7-12(14)10-15-13(4-2)11-16/h1,5-8,13,15-16H,4,9-11H2,2H3/t13-/m1/s1. The van der Waals surface area contributed by atoms with Gasteiger partial charge in [-0.15, -0.1) is 6.42 Å². The summed E-state index contributed by atoms with van der Waals surface area (Å²) in [5.41, 5.74) is 1.05. The van der Waals surface area contributed by atoms with Gasteiger partial charge >= 0.3 is 0 Å². The normalized spacial score (nSPS) is 11.8. The molecule has 1 aromatic rings. The van der Waals surface area contributed by atoms with Gasteiger partial charge in [0.1, 0.15) is 12.4 Å². The van der Waals surface area contributed by atoms with Crippen molar-refractivity contribution in [2.75, 3.05) is 13.2 Å². The summed E-state index contributed by atoms with van der Waals surface area (Å²) in [5, 5.41) is 12.4. The maximum Gasteiger partial charge on any atom is 0.148 e. The lowest BCUT2D eigenvalue weighted by atomic mass is 10.1. The van der Waals surface area contributed by atoms with E-state index in [9.17, 15) is 0 Å². The van der Waals surface area contributed by atoms with E-state index in [0.29, 0.717) is 6.54 Å². The SMILES string of the molecule is C#CCOc1ccccc1CN[C@H](CC)CO. The molecule has 0 aliphatic heterocycles. The molecule has 0 bridgehead atoms. The highest BCUT2D eigenvalue weighted by atomic mass is 16.5. The zero-order valence-electron chi connectivity index (χ0n) is 10.1. The third-order valence-corrected chi connectivity index (χ3v) is 2.58. The predicted octanol–water partition coefficient (Wildman–Crippen LogP) is 1.56. The van der Waals surface area contributed by atoms with E-state index in [4.69, 9.17) is 16.3 Å². The Morgan fingerprint density at radius 2 is 2.24 bits per heavy atom. The monoisotopic (exact) mass is 233 g/mol. The third-order valence-electron chi connectivity index (χ3n) is 2.58. The van der Waals surface area contributed by atoms with Crippen LogP contribution in [0.15, 0.2) is 24.3 Å². The lowest BCUT2D eigenvalue weighted by Crippen LogP contribution is -2.31. The Morgan fingerprint density at radius 3 is 2.88 bits per heavy atom. The lowest BCUT2D eigenvalue weighted by molar-refractivity contribution is 0.237. The fourth-order valence-corrected chi connectivity index (χ4v) is 1.50. The molecule has 0 aromatic heterocycles. The minimum atomic E-state index is 0.121. The molecule has 92 valence electrons. The molecule has 3 nitrogen and oxygen atoms in total. The smallest absolute Gasteiger partial charge is 0.148 e. The maximum atomic E-state index is 9.09. The molecule has 0 saturated carbocycles. The van der Waals surface area contributed by atoms with Crippen LogP contribution in [0.2, 0.25) is 0 Å². The average molecular weight is 233 g/mol. The lowest BCUT2D eigenvalue weighted by Gasteiger charge is -2.15. The molecule has 1 atom stereocenters. The minimum absolute atomic E-state index is 0.121. The number of benzene rings is 1. The van der Waals surface area contributed by atoms with Crippen LogP contribution in [0.5, 0.6) is 5.75 Å². The van der Waals surface area contributed by atoms with Crippen molar-refractivity contribution in [2.45, 2.75) is 25.9 Å². The number of rotatable bonds is 7. The molecule has 17 heavy (non-hydrogen) atoms. The number of hydrogen-bond acceptors (Lipinski definition) is 3. The van der Waals surface area contributed by atoms with E-state index in [1.54, 1.807) is 0 Å². The molecule has 1 rings (SSSR count). The Morgan fingerprint density at radius 1 is 1.47 bits per heavy atom. The zero-order valence-corrected chi connectivity index (χ0v) is 10.1. The molecular weight excluding hydrogens is 214 g/mol. The molecule has 1 aromatic carbocycles. The number of terminal acetylenes is 1. The molecule has 3 heteroatoms. The van der Waals surface area contributed by atoms with Gasteiger partial charge in [-0.25, -0.2) is 0 Å². The minimum Gasteiger partial charge on any atom is -0.481 e. The van der Waals surface area contributed by atoms with Crippen molar-refractivity contribution in [3.63, 3.8) is 0 Å². The topological polar surface area (TPSA) is 41.5 Å². The average Bonchev–Trinajstić information content (AvgIpc) is 2.38. The summed E-state index contributed by atoms with van der Waals surface area (Å²) in [6.07, 6.45) is 6.06. The molecule has 0 aliphatic rings. The van der Waals surface area contributed by atoms with Gasteiger partial charge in [-0.3, -0.25) is 0 Å². The van der Waals surface area contributed by atoms with Crippen LogP contribution < -0.4 is 10.1 Å². The maximum absolute atomic E-state index is 9.09. The van der Waals surface area contributed by atoms with Crippen molar-refractivity contribution in [3.8, 4) is 18.1 Å². The first-order valence-corrected chi connectivity index (χ1v) is 5.80. The van der Waals surface area contributed by atoms with Crippen LogP contribution in [0, 0.1) is 12.3 Å². The molecule has 2 N–H and O–H groups in total. The van der Waals surface area contributed by atoms with Crippen molar-refractivity contribution in [2.24, 2.45) is 0 Å². The van der Waals surface area contributed by atoms with Crippen LogP contribution >= 0.6 is 0 Å². The second-order valence-electron chi connectivity index (χ2n) is 3.77. The van der Waals surface area contributed by atoms with Gasteiger partial charge in [0.05, 0.1) is 6.61 Å². The Kier molecular flexibility index (Phi) is 6.16. The van der Waals surface area contributed by atoms with Gasteiger partial charge in [0.15, 0.2) is 0 Å². The van der Waals surface area contributed by atoms with Crippen LogP contribution in [0.25, 0.3) is 0 Å². The van der Waals surface area contributed by atoms with Gasteiger partial charge in [-0.1, -0.05) is 31.0 Å². The van der Waals surface area contributed by atoms with Crippen LogP contribution in [0.4, 0.5) is 0 Å². The van der Waals surface area contributed by atoms with Crippen LogP contribution in [0.3, 0.4) is 0 Å². The predicted molar refractivity (Wildman–Crippen MR) is 68.8 cm³/mol. The first-order valence-electron chi connectivity index (χ1n) is 5.80. The van der Waals surface area contributed by atoms with Gasteiger partial charge in [0.2, 0.25) is 0 Å². The Hall–Kier alpha value is -1.50. The van der Waals surface area contributed by atoms with E-state index in [-0.39, 0.29) is 19.3 Å². The first-order chi connectivity index (χ1) is 8.31. The summed E-state index contributed by atoms with van der Waals surface area (Å²) < 4.78 is 5.45. The number of aliphatic hydroxyl groups is 1. The molecule has 0 unspecified atom stereocenters. The number of ether oxygens (including phenoxy) is 1. The number of hydrogen-bond donors (Lipinski definition) is 2. The quantitative estimate of drug-likeness (QED) is 0.702. The van der Waals surface area contributed by atoms with E-state index in [1.165, 1.54) is 0 Å². The van der Waals surface area contributed by atoms with Gasteiger partial charge in [0, 0.05) is 18.2 Å². The molecule has 0 radical (unpaired) electrons. The molecule has 0 fully saturated rings. The molecule has 0 aliphatic carbocycles. The summed E-state index contributed by atoms with van der Waals surface area (Å²) in [7, 11) is 0. The summed E-state index contributed by atoms with van der Waals surface area (Å²) >= 11 is 0. The molecular formula is C14H19NO2. The van der Waals surface area contributed by atoms with Crippen molar-refractivity contribution in [3.05, 3.63) is 29.8 Å². The summed E-state index contributed by atoms with van der Waals surface area (Å²) in [6, 6.07) is 7.88. The fraction of sp³-hybridized carbons (Fsp3) is 0.429. The highest BCUT2D eigenvalue weighted by molar-refractivity contribution is 5.33. The van der Waals surface area contributed by atoms with Crippen LogP contribution in [-0.4, -0.2) is 24.4 Å². The van der Waals surface area contributed by atoms with E-state index in [2.05, 4.69) is 11.2 Å². The Bertz CT molecular complexity index is 367. The Labute approximate surface area is 103 Å². The first kappa shape index (κ1) is 13.6. The fourth-order valence-electron chi connectivity index (χ4n) is 1.50. The van der Waals surface area contributed by atoms with Gasteiger partial charge in [-0.05, 0) is 12.5 Å². The highest BCUT2D eigenvalue weighted by Gasteiger charge is 2.06. The number of nitrogens with one attached hydrogen (secondary N) is 1. The van der Waals surface area contributed by atoms with Crippen molar-refractivity contribution in [1.82, 2.24) is 5.32 Å². The van der Waals surface area contributed by atoms with E-state index in [1.807, 2.05) is 31.2 Å².